The first-order valence-corrected chi connectivity index (χ1v) is 10.4. The first-order chi connectivity index (χ1) is 13.3. The van der Waals surface area contributed by atoms with Crippen molar-refractivity contribution in [2.24, 2.45) is 11.8 Å². The van der Waals surface area contributed by atoms with Crippen molar-refractivity contribution >= 4 is 11.8 Å². The van der Waals surface area contributed by atoms with Gasteiger partial charge in [0.2, 0.25) is 11.8 Å². The van der Waals surface area contributed by atoms with Crippen molar-refractivity contribution in [1.29, 1.82) is 0 Å². The Labute approximate surface area is 167 Å². The highest BCUT2D eigenvalue weighted by Crippen LogP contribution is 2.43. The standard InChI is InChI=1S/C22H32FN3O2/c1-15(2)14-19(22(28)26-12-10-25(3)11-13-26)24-21(27)20(16-4-5-16)17-6-8-18(23)9-7-17/h6-9,15-16,19-20H,4-5,10-14H2,1-3H3,(H,24,27)/t19-,20?/m1/s1. The molecule has 3 rings (SSSR count). The lowest BCUT2D eigenvalue weighted by Gasteiger charge is -2.35. The van der Waals surface area contributed by atoms with Crippen molar-refractivity contribution < 1.29 is 14.0 Å². The van der Waals surface area contributed by atoms with Gasteiger partial charge in [0.25, 0.3) is 0 Å². The van der Waals surface area contributed by atoms with E-state index in [2.05, 4.69) is 31.1 Å². The molecule has 0 aromatic heterocycles. The smallest absolute Gasteiger partial charge is 0.245 e. The molecule has 28 heavy (non-hydrogen) atoms. The van der Waals surface area contributed by atoms with E-state index in [4.69, 9.17) is 0 Å². The zero-order valence-corrected chi connectivity index (χ0v) is 17.2. The van der Waals surface area contributed by atoms with Crippen LogP contribution in [0.1, 0.15) is 44.6 Å². The van der Waals surface area contributed by atoms with Crippen LogP contribution in [0.2, 0.25) is 0 Å². The highest BCUT2D eigenvalue weighted by atomic mass is 19.1. The van der Waals surface area contributed by atoms with Gasteiger partial charge in [0.15, 0.2) is 0 Å². The van der Waals surface area contributed by atoms with Crippen LogP contribution in [0.3, 0.4) is 0 Å². The predicted octanol–water partition coefficient (Wildman–Crippen LogP) is 2.62. The zero-order chi connectivity index (χ0) is 20.3. The molecule has 1 aromatic carbocycles. The Balaban J connectivity index is 1.72. The molecular formula is C22H32FN3O2. The van der Waals surface area contributed by atoms with Crippen LogP contribution in [-0.4, -0.2) is 60.9 Å². The molecule has 0 radical (unpaired) electrons. The van der Waals surface area contributed by atoms with E-state index in [-0.39, 0.29) is 29.5 Å². The maximum Gasteiger partial charge on any atom is 0.245 e. The third-order valence-electron chi connectivity index (χ3n) is 5.74. The van der Waals surface area contributed by atoms with E-state index in [1.54, 1.807) is 12.1 Å². The van der Waals surface area contributed by atoms with E-state index in [1.807, 2.05) is 4.90 Å². The topological polar surface area (TPSA) is 52.7 Å². The number of piperazine rings is 1. The van der Waals surface area contributed by atoms with Gasteiger partial charge < -0.3 is 15.1 Å². The molecule has 2 fully saturated rings. The van der Waals surface area contributed by atoms with E-state index in [0.29, 0.717) is 25.4 Å². The van der Waals surface area contributed by atoms with Gasteiger partial charge in [0.05, 0.1) is 5.92 Å². The van der Waals surface area contributed by atoms with Crippen molar-refractivity contribution in [1.82, 2.24) is 15.1 Å². The Morgan fingerprint density at radius 1 is 1.11 bits per heavy atom. The van der Waals surface area contributed by atoms with Crippen LogP contribution in [0.25, 0.3) is 0 Å². The maximum atomic E-state index is 13.3. The number of amides is 2. The molecular weight excluding hydrogens is 357 g/mol. The van der Waals surface area contributed by atoms with Crippen LogP contribution in [-0.2, 0) is 9.59 Å². The summed E-state index contributed by atoms with van der Waals surface area (Å²) in [7, 11) is 2.05. The Kier molecular flexibility index (Phi) is 6.70. The SMILES string of the molecule is CC(C)C[C@@H](NC(=O)C(c1ccc(F)cc1)C1CC1)C(=O)N1CCN(C)CC1. The summed E-state index contributed by atoms with van der Waals surface area (Å²) in [6.07, 6.45) is 2.62. The van der Waals surface area contributed by atoms with Gasteiger partial charge >= 0.3 is 0 Å². The first-order valence-electron chi connectivity index (χ1n) is 10.4. The molecule has 6 heteroatoms. The second-order valence-electron chi connectivity index (χ2n) is 8.69. The Hall–Kier alpha value is -1.95. The van der Waals surface area contributed by atoms with E-state index in [9.17, 15) is 14.0 Å². The second-order valence-corrected chi connectivity index (χ2v) is 8.69. The molecule has 1 aliphatic heterocycles. The highest BCUT2D eigenvalue weighted by molar-refractivity contribution is 5.91. The van der Waals surface area contributed by atoms with Crippen LogP contribution < -0.4 is 5.32 Å². The van der Waals surface area contributed by atoms with E-state index >= 15 is 0 Å². The molecule has 2 aliphatic rings. The number of carbonyl (C=O) groups is 2. The number of nitrogens with zero attached hydrogens (tertiary/aromatic N) is 2. The van der Waals surface area contributed by atoms with Crippen LogP contribution in [0.15, 0.2) is 24.3 Å². The molecule has 1 aromatic rings. The fourth-order valence-corrected chi connectivity index (χ4v) is 3.94. The number of halogens is 1. The summed E-state index contributed by atoms with van der Waals surface area (Å²) < 4.78 is 13.3. The molecule has 1 heterocycles. The number of benzene rings is 1. The minimum absolute atomic E-state index is 0.0174. The summed E-state index contributed by atoms with van der Waals surface area (Å²) in [5.41, 5.74) is 0.830. The van der Waals surface area contributed by atoms with Gasteiger partial charge in [0.1, 0.15) is 11.9 Å². The number of hydrogen-bond donors (Lipinski definition) is 1. The summed E-state index contributed by atoms with van der Waals surface area (Å²) >= 11 is 0. The summed E-state index contributed by atoms with van der Waals surface area (Å²) in [5.74, 6) is -0.126. The largest absolute Gasteiger partial charge is 0.344 e. The van der Waals surface area contributed by atoms with Gasteiger partial charge in [-0.2, -0.15) is 0 Å². The van der Waals surface area contributed by atoms with Gasteiger partial charge in [-0.3, -0.25) is 9.59 Å². The first kappa shape index (κ1) is 20.8. The highest BCUT2D eigenvalue weighted by Gasteiger charge is 2.39. The number of likely N-dealkylation sites (N-methyl/N-ethyl adjacent to an activating group) is 1. The molecule has 2 atom stereocenters. The van der Waals surface area contributed by atoms with E-state index in [1.165, 1.54) is 12.1 Å². The van der Waals surface area contributed by atoms with Gasteiger partial charge in [0, 0.05) is 26.2 Å². The lowest BCUT2D eigenvalue weighted by atomic mass is 9.92. The molecule has 0 spiro atoms. The molecule has 1 aliphatic carbocycles. The molecule has 1 saturated heterocycles. The van der Waals surface area contributed by atoms with Gasteiger partial charge in [-0.25, -0.2) is 4.39 Å². The minimum atomic E-state index is -0.502. The van der Waals surface area contributed by atoms with Crippen LogP contribution in [0, 0.1) is 17.7 Å². The van der Waals surface area contributed by atoms with Crippen molar-refractivity contribution in [2.45, 2.75) is 45.1 Å². The average Bonchev–Trinajstić information content (AvgIpc) is 3.47. The lowest BCUT2D eigenvalue weighted by molar-refractivity contribution is -0.138. The maximum absolute atomic E-state index is 13.3. The third-order valence-corrected chi connectivity index (χ3v) is 5.74. The number of nitrogens with one attached hydrogen (secondary N) is 1. The summed E-state index contributed by atoms with van der Waals surface area (Å²) in [6.45, 7) is 7.24. The monoisotopic (exact) mass is 389 g/mol. The average molecular weight is 390 g/mol. The Morgan fingerprint density at radius 3 is 2.25 bits per heavy atom. The Bertz CT molecular complexity index is 680. The fourth-order valence-electron chi connectivity index (χ4n) is 3.94. The fraction of sp³-hybridized carbons (Fsp3) is 0.636. The number of rotatable bonds is 7. The van der Waals surface area contributed by atoms with Crippen LogP contribution >= 0.6 is 0 Å². The lowest BCUT2D eigenvalue weighted by Crippen LogP contribution is -2.55. The van der Waals surface area contributed by atoms with E-state index < -0.39 is 6.04 Å². The summed E-state index contributed by atoms with van der Waals surface area (Å²) in [6, 6.07) is 5.69. The quantitative estimate of drug-likeness (QED) is 0.780. The number of carbonyl (C=O) groups excluding carboxylic acids is 2. The summed E-state index contributed by atoms with van der Waals surface area (Å²) in [4.78, 5) is 30.3. The predicted molar refractivity (Wildman–Crippen MR) is 107 cm³/mol. The molecule has 0 bridgehead atoms. The van der Waals surface area contributed by atoms with Gasteiger partial charge in [-0.1, -0.05) is 26.0 Å². The molecule has 1 saturated carbocycles. The van der Waals surface area contributed by atoms with Crippen molar-refractivity contribution in [3.8, 4) is 0 Å². The summed E-state index contributed by atoms with van der Waals surface area (Å²) in [5, 5.41) is 3.05. The zero-order valence-electron chi connectivity index (χ0n) is 17.2. The third kappa shape index (κ3) is 5.31. The molecule has 154 valence electrons. The molecule has 2 amide bonds. The second kappa shape index (κ2) is 9.03. The van der Waals surface area contributed by atoms with Crippen molar-refractivity contribution in [3.63, 3.8) is 0 Å². The van der Waals surface area contributed by atoms with Gasteiger partial charge in [-0.05, 0) is 55.8 Å². The van der Waals surface area contributed by atoms with Crippen molar-refractivity contribution in [2.75, 3.05) is 33.2 Å². The van der Waals surface area contributed by atoms with Crippen molar-refractivity contribution in [3.05, 3.63) is 35.6 Å². The Morgan fingerprint density at radius 2 is 1.71 bits per heavy atom. The van der Waals surface area contributed by atoms with E-state index in [0.717, 1.165) is 31.5 Å². The minimum Gasteiger partial charge on any atom is -0.344 e. The van der Waals surface area contributed by atoms with Crippen LogP contribution in [0.5, 0.6) is 0 Å². The molecule has 5 nitrogen and oxygen atoms in total. The molecule has 1 unspecified atom stereocenters. The number of hydrogen-bond acceptors (Lipinski definition) is 3. The van der Waals surface area contributed by atoms with Gasteiger partial charge in [-0.15, -0.1) is 0 Å². The normalized spacial score (nSPS) is 20.1. The van der Waals surface area contributed by atoms with Crippen LogP contribution in [0.4, 0.5) is 4.39 Å². The molecule has 1 N–H and O–H groups in total.